The maximum absolute atomic E-state index is 16.0. The summed E-state index contributed by atoms with van der Waals surface area (Å²) in [5.41, 5.74) is 1.12. The molecule has 10 heterocycles. The van der Waals surface area contributed by atoms with Crippen LogP contribution in [0.2, 0.25) is 10.0 Å². The van der Waals surface area contributed by atoms with Crippen LogP contribution in [0.4, 0.5) is 65.1 Å². The third kappa shape index (κ3) is 12.4. The molecule has 576 valence electrons. The Morgan fingerprint density at radius 2 is 1.01 bits per heavy atom. The van der Waals surface area contributed by atoms with E-state index in [1.54, 1.807) is 31.1 Å². The minimum Gasteiger partial charge on any atom is -0.341 e. The molecule has 17 rings (SSSR count). The van der Waals surface area contributed by atoms with Crippen molar-refractivity contribution in [2.24, 2.45) is 5.92 Å². The lowest BCUT2D eigenvalue weighted by Gasteiger charge is -2.56. The molecule has 2 atom stereocenters. The average molecular weight is 1540 g/mol. The molecule has 0 unspecified atom stereocenters. The second kappa shape index (κ2) is 26.6. The summed E-state index contributed by atoms with van der Waals surface area (Å²) < 4.78 is 105. The average Bonchev–Trinajstić information content (AvgIpc) is 1.57. The van der Waals surface area contributed by atoms with Crippen molar-refractivity contribution in [3.05, 3.63) is 117 Å². The number of piperidine rings is 2. The summed E-state index contributed by atoms with van der Waals surface area (Å²) in [5, 5.41) is 9.68. The highest BCUT2D eigenvalue weighted by Gasteiger charge is 2.59. The van der Waals surface area contributed by atoms with Crippen LogP contribution in [-0.2, 0) is 20.4 Å². The summed E-state index contributed by atoms with van der Waals surface area (Å²) in [6, 6.07) is 10.3. The van der Waals surface area contributed by atoms with E-state index >= 15 is 13.2 Å². The third-order valence-corrected chi connectivity index (χ3v) is 26.0. The first kappa shape index (κ1) is 74.6. The van der Waals surface area contributed by atoms with Crippen LogP contribution in [0.5, 0.6) is 0 Å². The van der Waals surface area contributed by atoms with Crippen LogP contribution in [0.3, 0.4) is 0 Å². The Morgan fingerprint density at radius 3 is 1.43 bits per heavy atom. The number of anilines is 6. The van der Waals surface area contributed by atoms with Crippen molar-refractivity contribution in [3.63, 3.8) is 0 Å². The zero-order valence-corrected chi connectivity index (χ0v) is 64.3. The lowest BCUT2D eigenvalue weighted by Crippen LogP contribution is -2.64. The Kier molecular flexibility index (Phi) is 18.2. The number of hydrogen-bond donors (Lipinski definition) is 4. The fraction of sp³-hybridized carbons (Fsp3) is 0.525. The van der Waals surface area contributed by atoms with Gasteiger partial charge in [0.2, 0.25) is 11.8 Å². The van der Waals surface area contributed by atoms with E-state index in [1.165, 1.54) is 51.5 Å². The van der Waals surface area contributed by atoms with Crippen molar-refractivity contribution < 1.29 is 49.9 Å². The van der Waals surface area contributed by atoms with Gasteiger partial charge in [0.05, 0.1) is 101 Å². The minimum atomic E-state index is -2.83. The third-order valence-electron chi connectivity index (χ3n) is 25.1. The van der Waals surface area contributed by atoms with Crippen LogP contribution in [0.15, 0.2) is 61.4 Å². The Bertz CT molecular complexity index is 5100. The Hall–Kier alpha value is -8.53. The summed E-state index contributed by atoms with van der Waals surface area (Å²) in [4.78, 5) is 92.5. The van der Waals surface area contributed by atoms with E-state index in [1.807, 2.05) is 92.5 Å². The number of pyridine rings is 4. The van der Waals surface area contributed by atoms with E-state index in [2.05, 4.69) is 54.9 Å². The van der Waals surface area contributed by atoms with Crippen molar-refractivity contribution in [2.75, 3.05) is 40.1 Å². The molecule has 29 heteroatoms. The highest BCUT2D eigenvalue weighted by molar-refractivity contribution is 6.35. The summed E-state index contributed by atoms with van der Waals surface area (Å²) in [6.45, 7) is 24.9. The number of carbonyl (C=O) groups is 4. The number of likely N-dealkylation sites (tertiary alicyclic amines) is 2. The molecule has 4 amide bonds. The quantitative estimate of drug-likeness (QED) is 0.0464. The molecule has 109 heavy (non-hydrogen) atoms. The molecule has 8 aromatic rings. The number of fused-ring (bicyclic) bond motifs is 6. The van der Waals surface area contributed by atoms with Gasteiger partial charge in [0.15, 0.2) is 29.1 Å². The number of carbonyl (C=O) groups excluding carboxylic acids is 4. The molecular formula is C80H89Cl2F7N16O4. The number of halogens is 9. The van der Waals surface area contributed by atoms with Crippen LogP contribution in [0.1, 0.15) is 209 Å². The minimum absolute atomic E-state index is 0.00447. The molecule has 2 aromatic carbocycles. The Morgan fingerprint density at radius 1 is 0.560 bits per heavy atom. The smallest absolute Gasteiger partial charge is 0.261 e. The molecule has 9 aliphatic rings. The fourth-order valence-corrected chi connectivity index (χ4v) is 18.7. The van der Waals surface area contributed by atoms with E-state index < -0.39 is 80.3 Å². The van der Waals surface area contributed by atoms with Crippen LogP contribution in [0.25, 0.3) is 44.6 Å². The predicted octanol–water partition coefficient (Wildman–Crippen LogP) is 16.8. The first-order chi connectivity index (χ1) is 51.6. The molecule has 20 nitrogen and oxygen atoms in total. The van der Waals surface area contributed by atoms with E-state index in [9.17, 15) is 36.7 Å². The van der Waals surface area contributed by atoms with Crippen LogP contribution in [-0.4, -0.2) is 145 Å². The van der Waals surface area contributed by atoms with Gasteiger partial charge in [-0.15, -0.1) is 0 Å². The molecule has 5 aliphatic carbocycles. The van der Waals surface area contributed by atoms with E-state index in [-0.39, 0.29) is 106 Å². The van der Waals surface area contributed by atoms with E-state index in [0.29, 0.717) is 56.3 Å². The zero-order chi connectivity index (χ0) is 77.4. The summed E-state index contributed by atoms with van der Waals surface area (Å²) in [5.74, 6) is -4.28. The first-order valence-corrected chi connectivity index (χ1v) is 38.7. The van der Waals surface area contributed by atoms with Crippen molar-refractivity contribution in [3.8, 4) is 22.5 Å². The monoisotopic (exact) mass is 1540 g/mol. The summed E-state index contributed by atoms with van der Waals surface area (Å²) >= 11 is 12.5. The predicted molar refractivity (Wildman–Crippen MR) is 404 cm³/mol. The Balaban J connectivity index is 0.000000166. The molecule has 0 radical (unpaired) electrons. The highest BCUT2D eigenvalue weighted by atomic mass is 35.5. The lowest BCUT2D eigenvalue weighted by atomic mass is 9.71. The maximum atomic E-state index is 16.0. The second-order valence-corrected chi connectivity index (χ2v) is 34.8. The van der Waals surface area contributed by atoms with Gasteiger partial charge in [0.25, 0.3) is 24.7 Å². The van der Waals surface area contributed by atoms with Crippen LogP contribution in [0, 0.1) is 30.3 Å². The first-order valence-electron chi connectivity index (χ1n) is 37.9. The number of amides is 4. The zero-order valence-electron chi connectivity index (χ0n) is 62.8. The van der Waals surface area contributed by atoms with Gasteiger partial charge in [0, 0.05) is 76.9 Å². The van der Waals surface area contributed by atoms with Crippen molar-refractivity contribution in [1.82, 2.24) is 59.5 Å². The molecule has 0 spiro atoms. The number of benzene rings is 2. The normalized spacial score (nSPS) is 24.8. The van der Waals surface area contributed by atoms with E-state index in [0.717, 1.165) is 74.4 Å². The van der Waals surface area contributed by atoms with Gasteiger partial charge < -0.3 is 40.2 Å². The number of hydrogen-bond acceptors (Lipinski definition) is 14. The van der Waals surface area contributed by atoms with Gasteiger partial charge in [-0.1, -0.05) is 29.6 Å². The second-order valence-electron chi connectivity index (χ2n) is 34.1. The number of imidazole rings is 2. The Labute approximate surface area is 637 Å². The largest absolute Gasteiger partial charge is 0.341 e. The molecule has 2 saturated heterocycles. The molecular weight excluding hydrogens is 1450 g/mol. The molecule has 5 saturated carbocycles. The number of aromatic nitrogens is 8. The number of alkyl halides is 4. The molecule has 7 fully saturated rings. The van der Waals surface area contributed by atoms with Crippen LogP contribution >= 0.6 is 23.2 Å². The topological polar surface area (TPSA) is 217 Å². The fourth-order valence-electron chi connectivity index (χ4n) is 18.2. The molecule has 2 bridgehead atoms. The van der Waals surface area contributed by atoms with Gasteiger partial charge >= 0.3 is 0 Å². The van der Waals surface area contributed by atoms with E-state index in [4.69, 9.17) is 43.1 Å². The van der Waals surface area contributed by atoms with Gasteiger partial charge in [-0.25, -0.2) is 50.7 Å². The van der Waals surface area contributed by atoms with Crippen molar-refractivity contribution >= 4 is 103 Å². The lowest BCUT2D eigenvalue weighted by molar-refractivity contribution is -0.124. The van der Waals surface area contributed by atoms with Gasteiger partial charge in [-0.2, -0.15) is 0 Å². The van der Waals surface area contributed by atoms with Crippen LogP contribution < -0.4 is 31.1 Å². The molecule has 4 aliphatic heterocycles. The van der Waals surface area contributed by atoms with Gasteiger partial charge in [-0.05, 0) is 215 Å². The highest BCUT2D eigenvalue weighted by Crippen LogP contribution is 2.55. The van der Waals surface area contributed by atoms with Gasteiger partial charge in [-0.3, -0.25) is 38.9 Å². The summed E-state index contributed by atoms with van der Waals surface area (Å²) in [7, 11) is 0. The summed E-state index contributed by atoms with van der Waals surface area (Å²) in [6.07, 6.45) is 12.5. The number of nitrogens with zero attached hydrogens (tertiary/aromatic N) is 12. The van der Waals surface area contributed by atoms with Crippen molar-refractivity contribution in [1.29, 1.82) is 0 Å². The number of rotatable bonds is 18. The number of nitrogens with one attached hydrogen (secondary N) is 4. The van der Waals surface area contributed by atoms with Crippen molar-refractivity contribution in [2.45, 2.75) is 242 Å². The molecule has 4 N–H and O–H groups in total. The van der Waals surface area contributed by atoms with Gasteiger partial charge in [0.1, 0.15) is 22.1 Å². The standard InChI is InChI=1S/C40H43ClF4N8O2.C40H46ClF3N8O2/c1-19(2)51-18-47-27-13-25(48-34(32(27)51)49-26-12-24(29(41)31(43)30(26)42)35(54)50-40(8-9-40)36(44)45)21-11-28-33(46-16-21)38(3,4)37(55)53(28)23-14-39(5,15-23)52-17-20-6-7-22(52)10-20;1-21(2)51-20-46-28-16-26(47-34(32(28)51)48-27-15-25(30(41)22(3)31(27)42)35(53)49-40(10-11-40)36(43)44)23-14-29-33(45-19-23)38(4,5)37(54)52(29)24-17-39(6,18-24)50-12-8-7-9-13-50/h11-13,16,18-20,22-23,36H,6-10,14-15,17H2,1-5H3,(H,48,49)(H,50,54);14-16,19-21,24,36H,7-13,17-18H2,1-6H3,(H,47,48)(H,49,53)/t20-,22+,23?,39?;/m0./s1. The SMILES string of the molecule is CC(C)n1cnc2cc(-c3cnc4c(c3)N(C3CC(C)(N5C[C@H]6CC[C@@H]5C6)C3)C(=O)C4(C)C)nc(Nc3cc(C(=O)NC4(C(F)F)CC4)c(Cl)c(F)c3F)c21.Cc1c(F)c(Nc2nc(-c3cnc4c(c3)N(C3CC(C)(N5CCCCC5)C3)C(=O)C4(C)C)cc3ncn(C(C)C)c23)cc(C(=O)NC2(C(F)F)CC2)c1Cl. The maximum Gasteiger partial charge on any atom is 0.261 e. The molecule has 6 aromatic heterocycles.